The lowest BCUT2D eigenvalue weighted by Crippen LogP contribution is -2.36. The Balaban J connectivity index is 2.41. The van der Waals surface area contributed by atoms with Crippen molar-refractivity contribution < 1.29 is 0 Å². The number of H-pyrrole nitrogens is 1. The number of fused-ring (bicyclic) bond motifs is 1. The number of aromatic nitrogens is 2. The van der Waals surface area contributed by atoms with Gasteiger partial charge in [-0.25, -0.2) is 4.98 Å². The highest BCUT2D eigenvalue weighted by molar-refractivity contribution is 5.22. The van der Waals surface area contributed by atoms with Crippen LogP contribution in [0.1, 0.15) is 37.7 Å². The van der Waals surface area contributed by atoms with Crippen molar-refractivity contribution in [2.75, 3.05) is 7.05 Å². The molecule has 13 heavy (non-hydrogen) atoms. The van der Waals surface area contributed by atoms with E-state index >= 15 is 0 Å². The van der Waals surface area contributed by atoms with E-state index < -0.39 is 0 Å². The molecule has 1 aliphatic carbocycles. The molecule has 3 nitrogen and oxygen atoms in total. The van der Waals surface area contributed by atoms with E-state index in [4.69, 9.17) is 0 Å². The Bertz CT molecular complexity index is 301. The summed E-state index contributed by atoms with van der Waals surface area (Å²) in [6.07, 6.45) is 4.14. The van der Waals surface area contributed by atoms with Gasteiger partial charge in [0.05, 0.1) is 18.1 Å². The van der Waals surface area contributed by atoms with Crippen LogP contribution in [0.15, 0.2) is 6.33 Å². The molecule has 1 aliphatic rings. The number of imidazole rings is 1. The van der Waals surface area contributed by atoms with Crippen molar-refractivity contribution in [1.82, 2.24) is 15.3 Å². The molecule has 1 aromatic heterocycles. The normalized spacial score (nSPS) is 25.6. The molecule has 0 aromatic carbocycles. The van der Waals surface area contributed by atoms with E-state index in [-0.39, 0.29) is 0 Å². The van der Waals surface area contributed by atoms with Crippen molar-refractivity contribution >= 4 is 0 Å². The van der Waals surface area contributed by atoms with Gasteiger partial charge in [0.25, 0.3) is 0 Å². The molecule has 0 amide bonds. The number of nitrogens with one attached hydrogen (secondary N) is 2. The first kappa shape index (κ1) is 8.75. The minimum atomic E-state index is 0.316. The molecule has 72 valence electrons. The van der Waals surface area contributed by atoms with E-state index in [1.165, 1.54) is 17.8 Å². The summed E-state index contributed by atoms with van der Waals surface area (Å²) in [4.78, 5) is 7.60. The molecular weight excluding hydrogens is 162 g/mol. The van der Waals surface area contributed by atoms with Gasteiger partial charge < -0.3 is 10.3 Å². The highest BCUT2D eigenvalue weighted by atomic mass is 15.0. The van der Waals surface area contributed by atoms with Gasteiger partial charge in [0.2, 0.25) is 0 Å². The van der Waals surface area contributed by atoms with Crippen molar-refractivity contribution in [3.63, 3.8) is 0 Å². The van der Waals surface area contributed by atoms with Crippen LogP contribution < -0.4 is 5.32 Å². The summed E-state index contributed by atoms with van der Waals surface area (Å²) in [6.45, 7) is 4.59. The lowest BCUT2D eigenvalue weighted by atomic mass is 9.74. The van der Waals surface area contributed by atoms with Gasteiger partial charge in [-0.3, -0.25) is 0 Å². The third-order valence-corrected chi connectivity index (χ3v) is 3.11. The summed E-state index contributed by atoms with van der Waals surface area (Å²) in [5.41, 5.74) is 2.83. The monoisotopic (exact) mass is 179 g/mol. The second kappa shape index (κ2) is 2.84. The minimum absolute atomic E-state index is 0.316. The van der Waals surface area contributed by atoms with Gasteiger partial charge in [-0.1, -0.05) is 13.8 Å². The molecule has 2 N–H and O–H groups in total. The number of hydrogen-bond donors (Lipinski definition) is 2. The Kier molecular flexibility index (Phi) is 1.91. The van der Waals surface area contributed by atoms with Crippen molar-refractivity contribution in [1.29, 1.82) is 0 Å². The zero-order valence-electron chi connectivity index (χ0n) is 8.52. The van der Waals surface area contributed by atoms with Crippen LogP contribution in [0.25, 0.3) is 0 Å². The fourth-order valence-electron chi connectivity index (χ4n) is 2.27. The Labute approximate surface area is 79.0 Å². The summed E-state index contributed by atoms with van der Waals surface area (Å²) in [5.74, 6) is 0. The predicted molar refractivity (Wildman–Crippen MR) is 52.5 cm³/mol. The van der Waals surface area contributed by atoms with Gasteiger partial charge in [-0.15, -0.1) is 0 Å². The van der Waals surface area contributed by atoms with Crippen LogP contribution in [0, 0.1) is 5.41 Å². The predicted octanol–water partition coefficient (Wildman–Crippen LogP) is 1.64. The van der Waals surface area contributed by atoms with Crippen LogP contribution in [0.5, 0.6) is 0 Å². The minimum Gasteiger partial charge on any atom is -0.348 e. The maximum absolute atomic E-state index is 4.39. The molecule has 1 aromatic rings. The lowest BCUT2D eigenvalue weighted by Gasteiger charge is -2.37. The van der Waals surface area contributed by atoms with Crippen molar-refractivity contribution in [2.45, 2.75) is 32.7 Å². The second-order valence-electron chi connectivity index (χ2n) is 4.48. The molecule has 3 heteroatoms. The van der Waals surface area contributed by atoms with E-state index in [0.717, 1.165) is 6.42 Å². The fourth-order valence-corrected chi connectivity index (χ4v) is 2.27. The SMILES string of the molecule is CNC1c2nc[nH]c2CCC1(C)C. The van der Waals surface area contributed by atoms with Crippen LogP contribution in [0.2, 0.25) is 0 Å². The largest absolute Gasteiger partial charge is 0.348 e. The standard InChI is InChI=1S/C10H17N3/c1-10(2)5-4-7-8(9(10)11-3)13-6-12-7/h6,9,11H,4-5H2,1-3H3,(H,12,13). The van der Waals surface area contributed by atoms with E-state index in [0.29, 0.717) is 11.5 Å². The molecule has 0 radical (unpaired) electrons. The average molecular weight is 179 g/mol. The highest BCUT2D eigenvalue weighted by Gasteiger charge is 2.36. The summed E-state index contributed by atoms with van der Waals surface area (Å²) >= 11 is 0. The summed E-state index contributed by atoms with van der Waals surface area (Å²) in [7, 11) is 2.01. The third-order valence-electron chi connectivity index (χ3n) is 3.11. The summed E-state index contributed by atoms with van der Waals surface area (Å²) < 4.78 is 0. The Morgan fingerprint density at radius 1 is 1.62 bits per heavy atom. The number of hydrogen-bond acceptors (Lipinski definition) is 2. The number of rotatable bonds is 1. The van der Waals surface area contributed by atoms with Crippen LogP contribution >= 0.6 is 0 Å². The first-order chi connectivity index (χ1) is 6.15. The van der Waals surface area contributed by atoms with Crippen LogP contribution in [-0.2, 0) is 6.42 Å². The maximum Gasteiger partial charge on any atom is 0.0925 e. The molecule has 1 heterocycles. The van der Waals surface area contributed by atoms with Crippen LogP contribution in [0.4, 0.5) is 0 Å². The molecule has 0 bridgehead atoms. The Morgan fingerprint density at radius 2 is 2.38 bits per heavy atom. The topological polar surface area (TPSA) is 40.7 Å². The zero-order valence-corrected chi connectivity index (χ0v) is 8.52. The molecule has 0 saturated carbocycles. The van der Waals surface area contributed by atoms with E-state index in [1.54, 1.807) is 6.33 Å². The lowest BCUT2D eigenvalue weighted by molar-refractivity contribution is 0.214. The highest BCUT2D eigenvalue weighted by Crippen LogP contribution is 2.41. The quantitative estimate of drug-likeness (QED) is 0.688. The van der Waals surface area contributed by atoms with E-state index in [1.807, 2.05) is 7.05 Å². The third kappa shape index (κ3) is 1.27. The summed E-state index contributed by atoms with van der Waals surface area (Å²) in [5, 5.41) is 3.35. The molecule has 0 fully saturated rings. The number of nitrogens with zero attached hydrogens (tertiary/aromatic N) is 1. The van der Waals surface area contributed by atoms with E-state index in [9.17, 15) is 0 Å². The smallest absolute Gasteiger partial charge is 0.0925 e. The molecule has 0 aliphatic heterocycles. The van der Waals surface area contributed by atoms with E-state index in [2.05, 4.69) is 29.1 Å². The zero-order chi connectivity index (χ0) is 9.47. The number of aromatic amines is 1. The molecule has 1 atom stereocenters. The molecule has 0 spiro atoms. The Hall–Kier alpha value is -0.830. The fraction of sp³-hybridized carbons (Fsp3) is 0.700. The van der Waals surface area contributed by atoms with Gasteiger partial charge in [0.15, 0.2) is 0 Å². The first-order valence-electron chi connectivity index (χ1n) is 4.84. The number of aryl methyl sites for hydroxylation is 1. The average Bonchev–Trinajstić information content (AvgIpc) is 2.50. The molecule has 1 unspecified atom stereocenters. The second-order valence-corrected chi connectivity index (χ2v) is 4.48. The van der Waals surface area contributed by atoms with Gasteiger partial charge >= 0.3 is 0 Å². The van der Waals surface area contributed by atoms with Gasteiger partial charge in [-0.05, 0) is 25.3 Å². The van der Waals surface area contributed by atoms with Crippen molar-refractivity contribution in [3.8, 4) is 0 Å². The maximum atomic E-state index is 4.39. The Morgan fingerprint density at radius 3 is 3.08 bits per heavy atom. The first-order valence-corrected chi connectivity index (χ1v) is 4.84. The van der Waals surface area contributed by atoms with Gasteiger partial charge in [0.1, 0.15) is 0 Å². The molecule has 0 saturated heterocycles. The van der Waals surface area contributed by atoms with Crippen molar-refractivity contribution in [3.05, 3.63) is 17.7 Å². The molecular formula is C10H17N3. The van der Waals surface area contributed by atoms with Crippen LogP contribution in [-0.4, -0.2) is 17.0 Å². The van der Waals surface area contributed by atoms with Crippen molar-refractivity contribution in [2.24, 2.45) is 5.41 Å². The van der Waals surface area contributed by atoms with Crippen LogP contribution in [0.3, 0.4) is 0 Å². The van der Waals surface area contributed by atoms with Gasteiger partial charge in [-0.2, -0.15) is 0 Å². The molecule has 2 rings (SSSR count). The van der Waals surface area contributed by atoms with Gasteiger partial charge in [0, 0.05) is 5.69 Å². The summed E-state index contributed by atoms with van der Waals surface area (Å²) in [6, 6.07) is 0.391.